The van der Waals surface area contributed by atoms with Gasteiger partial charge in [0.2, 0.25) is 0 Å². The Kier molecular flexibility index (Phi) is 3.47. The summed E-state index contributed by atoms with van der Waals surface area (Å²) >= 11 is 0. The number of rotatable bonds is 3. The molecule has 2 amide bonds. The normalized spacial score (nSPS) is 29.8. The van der Waals surface area contributed by atoms with Gasteiger partial charge >= 0.3 is 12.0 Å². The van der Waals surface area contributed by atoms with Gasteiger partial charge < -0.3 is 20.4 Å². The van der Waals surface area contributed by atoms with Crippen molar-refractivity contribution in [1.82, 2.24) is 10.2 Å². The maximum atomic E-state index is 12.1. The molecular weight excluding hydrogens is 236 g/mol. The fourth-order valence-corrected chi connectivity index (χ4v) is 2.74. The topological polar surface area (TPSA) is 89.9 Å². The van der Waals surface area contributed by atoms with Crippen LogP contribution in [0.1, 0.15) is 39.0 Å². The van der Waals surface area contributed by atoms with E-state index in [4.69, 9.17) is 5.11 Å². The van der Waals surface area contributed by atoms with Crippen molar-refractivity contribution in [2.45, 2.75) is 56.7 Å². The molecule has 0 aromatic carbocycles. The molecule has 2 rings (SSSR count). The van der Waals surface area contributed by atoms with Gasteiger partial charge in [-0.25, -0.2) is 9.59 Å². The molecule has 2 aliphatic rings. The van der Waals surface area contributed by atoms with Crippen LogP contribution in [0.5, 0.6) is 0 Å². The minimum absolute atomic E-state index is 0.0998. The largest absolute Gasteiger partial charge is 0.480 e. The number of amides is 2. The molecule has 0 aromatic rings. The first-order valence-electron chi connectivity index (χ1n) is 6.47. The highest BCUT2D eigenvalue weighted by Gasteiger charge is 2.43. The Labute approximate surface area is 106 Å². The lowest BCUT2D eigenvalue weighted by atomic mass is 9.75. The first-order chi connectivity index (χ1) is 8.47. The average molecular weight is 256 g/mol. The van der Waals surface area contributed by atoms with Gasteiger partial charge in [0.25, 0.3) is 0 Å². The number of nitrogens with zero attached hydrogens (tertiary/aromatic N) is 1. The SMILES string of the molecule is CCC1(NC(=O)N2C[C@H](O)C[C@@H]2C(=O)O)CCC1. The van der Waals surface area contributed by atoms with Crippen LogP contribution in [-0.4, -0.2) is 51.3 Å². The van der Waals surface area contributed by atoms with Gasteiger partial charge in [-0.2, -0.15) is 0 Å². The Morgan fingerprint density at radius 2 is 2.11 bits per heavy atom. The summed E-state index contributed by atoms with van der Waals surface area (Å²) in [5.41, 5.74) is -0.159. The van der Waals surface area contributed by atoms with Crippen molar-refractivity contribution in [3.05, 3.63) is 0 Å². The number of aliphatic hydroxyl groups is 1. The maximum absolute atomic E-state index is 12.1. The van der Waals surface area contributed by atoms with E-state index in [0.717, 1.165) is 25.7 Å². The molecule has 1 aliphatic heterocycles. The second-order valence-electron chi connectivity index (χ2n) is 5.31. The molecule has 0 unspecified atom stereocenters. The van der Waals surface area contributed by atoms with Gasteiger partial charge in [-0.05, 0) is 25.7 Å². The van der Waals surface area contributed by atoms with E-state index >= 15 is 0 Å². The van der Waals surface area contributed by atoms with E-state index in [1.807, 2.05) is 6.92 Å². The van der Waals surface area contributed by atoms with Crippen LogP contribution < -0.4 is 5.32 Å². The van der Waals surface area contributed by atoms with Crippen molar-refractivity contribution < 1.29 is 19.8 Å². The van der Waals surface area contributed by atoms with Crippen molar-refractivity contribution in [2.24, 2.45) is 0 Å². The predicted molar refractivity (Wildman–Crippen MR) is 64.2 cm³/mol. The number of β-amino-alcohol motifs (C(OH)–C–C–N with tert-alkyl or cyclic N) is 1. The average Bonchev–Trinajstić information content (AvgIpc) is 2.66. The summed E-state index contributed by atoms with van der Waals surface area (Å²) in [7, 11) is 0. The molecule has 1 aliphatic carbocycles. The second-order valence-corrected chi connectivity index (χ2v) is 5.31. The molecule has 1 heterocycles. The number of carboxylic acids is 1. The zero-order chi connectivity index (χ0) is 13.3. The van der Waals surface area contributed by atoms with E-state index < -0.39 is 18.1 Å². The van der Waals surface area contributed by atoms with Crippen LogP contribution in [0.25, 0.3) is 0 Å². The summed E-state index contributed by atoms with van der Waals surface area (Å²) in [6, 6.07) is -1.27. The van der Waals surface area contributed by atoms with Crippen molar-refractivity contribution in [1.29, 1.82) is 0 Å². The molecule has 2 fully saturated rings. The van der Waals surface area contributed by atoms with E-state index in [0.29, 0.717) is 0 Å². The van der Waals surface area contributed by atoms with Crippen LogP contribution in [0.2, 0.25) is 0 Å². The Morgan fingerprint density at radius 3 is 2.56 bits per heavy atom. The zero-order valence-corrected chi connectivity index (χ0v) is 10.6. The zero-order valence-electron chi connectivity index (χ0n) is 10.6. The summed E-state index contributed by atoms with van der Waals surface area (Å²) in [6.07, 6.45) is 3.22. The monoisotopic (exact) mass is 256 g/mol. The molecular formula is C12H20N2O4. The van der Waals surface area contributed by atoms with Crippen LogP contribution in [0.4, 0.5) is 4.79 Å². The molecule has 1 saturated carbocycles. The number of aliphatic carboxylic acids is 1. The molecule has 1 saturated heterocycles. The van der Waals surface area contributed by atoms with Gasteiger partial charge in [0, 0.05) is 18.5 Å². The number of carbonyl (C=O) groups is 2. The third kappa shape index (κ3) is 2.29. The van der Waals surface area contributed by atoms with Crippen LogP contribution >= 0.6 is 0 Å². The molecule has 0 aromatic heterocycles. The highest BCUT2D eigenvalue weighted by Crippen LogP contribution is 2.35. The molecule has 18 heavy (non-hydrogen) atoms. The Morgan fingerprint density at radius 1 is 1.44 bits per heavy atom. The summed E-state index contributed by atoms with van der Waals surface area (Å²) in [4.78, 5) is 24.4. The number of hydrogen-bond acceptors (Lipinski definition) is 3. The first kappa shape index (κ1) is 13.1. The summed E-state index contributed by atoms with van der Waals surface area (Å²) in [5, 5.41) is 21.5. The molecule has 6 heteroatoms. The fraction of sp³-hybridized carbons (Fsp3) is 0.833. The number of carbonyl (C=O) groups excluding carboxylic acids is 1. The van der Waals surface area contributed by atoms with Crippen LogP contribution in [-0.2, 0) is 4.79 Å². The van der Waals surface area contributed by atoms with Gasteiger partial charge in [0.1, 0.15) is 6.04 Å². The lowest BCUT2D eigenvalue weighted by Crippen LogP contribution is -2.58. The van der Waals surface area contributed by atoms with E-state index in [9.17, 15) is 14.7 Å². The van der Waals surface area contributed by atoms with Gasteiger partial charge in [0.05, 0.1) is 6.10 Å². The predicted octanol–water partition coefficient (Wildman–Crippen LogP) is 0.548. The minimum Gasteiger partial charge on any atom is -0.480 e. The molecule has 0 bridgehead atoms. The van der Waals surface area contributed by atoms with Crippen molar-refractivity contribution >= 4 is 12.0 Å². The standard InChI is InChI=1S/C12H20N2O4/c1-2-12(4-3-5-12)13-11(18)14-7-8(15)6-9(14)10(16)17/h8-9,15H,2-7H2,1H3,(H,13,18)(H,16,17)/t8-,9-/m1/s1. The van der Waals surface area contributed by atoms with E-state index in [-0.39, 0.29) is 24.5 Å². The minimum atomic E-state index is -1.05. The maximum Gasteiger partial charge on any atom is 0.326 e. The number of carboxylic acid groups (broad SMARTS) is 1. The third-order valence-electron chi connectivity index (χ3n) is 4.18. The number of urea groups is 1. The van der Waals surface area contributed by atoms with E-state index in [1.54, 1.807) is 0 Å². The first-order valence-corrected chi connectivity index (χ1v) is 6.47. The van der Waals surface area contributed by atoms with Crippen molar-refractivity contribution in [2.75, 3.05) is 6.54 Å². The van der Waals surface area contributed by atoms with Gasteiger partial charge in [-0.1, -0.05) is 6.92 Å². The van der Waals surface area contributed by atoms with E-state index in [1.165, 1.54) is 4.90 Å². The second kappa shape index (κ2) is 4.76. The number of likely N-dealkylation sites (tertiary alicyclic amines) is 1. The lowest BCUT2D eigenvalue weighted by Gasteiger charge is -2.43. The summed E-state index contributed by atoms with van der Waals surface area (Å²) in [5.74, 6) is -1.05. The molecule has 6 nitrogen and oxygen atoms in total. The van der Waals surface area contributed by atoms with Crippen LogP contribution in [0.15, 0.2) is 0 Å². The van der Waals surface area contributed by atoms with Gasteiger partial charge in [0.15, 0.2) is 0 Å². The highest BCUT2D eigenvalue weighted by molar-refractivity contribution is 5.84. The number of nitrogens with one attached hydrogen (secondary N) is 1. The van der Waals surface area contributed by atoms with Crippen LogP contribution in [0, 0.1) is 0 Å². The quantitative estimate of drug-likeness (QED) is 0.687. The van der Waals surface area contributed by atoms with Gasteiger partial charge in [-0.15, -0.1) is 0 Å². The summed E-state index contributed by atoms with van der Waals surface area (Å²) in [6.45, 7) is 2.12. The third-order valence-corrected chi connectivity index (χ3v) is 4.18. The smallest absolute Gasteiger partial charge is 0.326 e. The molecule has 0 radical (unpaired) electrons. The number of aliphatic hydroxyl groups excluding tert-OH is 1. The lowest BCUT2D eigenvalue weighted by molar-refractivity contribution is -0.141. The summed E-state index contributed by atoms with van der Waals surface area (Å²) < 4.78 is 0. The Hall–Kier alpha value is -1.30. The Bertz CT molecular complexity index is 348. The van der Waals surface area contributed by atoms with Crippen molar-refractivity contribution in [3.63, 3.8) is 0 Å². The molecule has 3 N–H and O–H groups in total. The fourth-order valence-electron chi connectivity index (χ4n) is 2.74. The molecule has 0 spiro atoms. The number of hydrogen-bond donors (Lipinski definition) is 3. The van der Waals surface area contributed by atoms with Gasteiger partial charge in [-0.3, -0.25) is 0 Å². The van der Waals surface area contributed by atoms with Crippen molar-refractivity contribution in [3.8, 4) is 0 Å². The molecule has 102 valence electrons. The van der Waals surface area contributed by atoms with E-state index in [2.05, 4.69) is 5.32 Å². The van der Waals surface area contributed by atoms with Crippen LogP contribution in [0.3, 0.4) is 0 Å². The molecule has 2 atom stereocenters. The highest BCUT2D eigenvalue weighted by atomic mass is 16.4. The Balaban J connectivity index is 2.01.